The molecule has 0 atom stereocenters. The molecule has 0 aliphatic carbocycles. The molecule has 1 aliphatic rings. The molecule has 0 radical (unpaired) electrons. The lowest BCUT2D eigenvalue weighted by molar-refractivity contribution is 0.242. The van der Waals surface area contributed by atoms with Crippen molar-refractivity contribution >= 4 is 17.2 Å². The standard InChI is InChI=1S/C19H27N5O/c1-13(2)25-14-7-8-16(20)15(11-14)19(21)17-12-18(22-23(17)3)24-9-5-4-6-10-24/h7-8,11-13,21H,4-6,9-10,20H2,1-3H3. The van der Waals surface area contributed by atoms with Crippen molar-refractivity contribution in [3.05, 3.63) is 35.5 Å². The highest BCUT2D eigenvalue weighted by Crippen LogP contribution is 2.25. The van der Waals surface area contributed by atoms with Gasteiger partial charge in [0.05, 0.1) is 17.5 Å². The van der Waals surface area contributed by atoms with Gasteiger partial charge in [-0.05, 0) is 51.3 Å². The van der Waals surface area contributed by atoms with E-state index in [0.29, 0.717) is 17.0 Å². The third-order valence-corrected chi connectivity index (χ3v) is 4.47. The molecule has 1 fully saturated rings. The van der Waals surface area contributed by atoms with Crippen LogP contribution < -0.4 is 15.4 Å². The Hall–Kier alpha value is -2.50. The van der Waals surface area contributed by atoms with Crippen molar-refractivity contribution in [2.45, 2.75) is 39.2 Å². The molecule has 2 heterocycles. The first kappa shape index (κ1) is 17.3. The summed E-state index contributed by atoms with van der Waals surface area (Å²) in [4.78, 5) is 2.29. The Bertz CT molecular complexity index is 759. The number of nitrogens with zero attached hydrogens (tertiary/aromatic N) is 3. The van der Waals surface area contributed by atoms with Gasteiger partial charge >= 0.3 is 0 Å². The summed E-state index contributed by atoms with van der Waals surface area (Å²) in [5, 5.41) is 13.3. The van der Waals surface area contributed by atoms with Crippen molar-refractivity contribution in [3.63, 3.8) is 0 Å². The highest BCUT2D eigenvalue weighted by Gasteiger charge is 2.19. The first-order valence-electron chi connectivity index (χ1n) is 8.90. The number of rotatable bonds is 5. The van der Waals surface area contributed by atoms with E-state index in [2.05, 4.69) is 10.00 Å². The second-order valence-electron chi connectivity index (χ2n) is 6.85. The van der Waals surface area contributed by atoms with Crippen LogP contribution in [0.5, 0.6) is 5.75 Å². The normalized spacial score (nSPS) is 14.8. The maximum atomic E-state index is 8.64. The van der Waals surface area contributed by atoms with E-state index >= 15 is 0 Å². The Kier molecular flexibility index (Phi) is 4.97. The number of nitrogens with two attached hydrogens (primary N) is 1. The predicted molar refractivity (Wildman–Crippen MR) is 102 cm³/mol. The fraction of sp³-hybridized carbons (Fsp3) is 0.474. The lowest BCUT2D eigenvalue weighted by Crippen LogP contribution is -2.29. The number of nitrogen functional groups attached to an aromatic ring is 1. The number of ether oxygens (including phenoxy) is 1. The summed E-state index contributed by atoms with van der Waals surface area (Å²) < 4.78 is 7.51. The van der Waals surface area contributed by atoms with Crippen LogP contribution in [-0.2, 0) is 7.05 Å². The van der Waals surface area contributed by atoms with Crippen LogP contribution in [0.4, 0.5) is 11.5 Å². The Balaban J connectivity index is 1.89. The van der Waals surface area contributed by atoms with Crippen molar-refractivity contribution in [1.82, 2.24) is 9.78 Å². The van der Waals surface area contributed by atoms with E-state index in [4.69, 9.17) is 15.9 Å². The Labute approximate surface area is 149 Å². The number of nitrogens with one attached hydrogen (secondary N) is 1. The summed E-state index contributed by atoms with van der Waals surface area (Å²) in [6.45, 7) is 6.02. The third kappa shape index (κ3) is 3.78. The van der Waals surface area contributed by atoms with E-state index in [1.807, 2.05) is 39.1 Å². The first-order chi connectivity index (χ1) is 12.0. The average Bonchev–Trinajstić information content (AvgIpc) is 2.98. The second-order valence-corrected chi connectivity index (χ2v) is 6.85. The van der Waals surface area contributed by atoms with Gasteiger partial charge in [0.25, 0.3) is 0 Å². The van der Waals surface area contributed by atoms with Gasteiger partial charge < -0.3 is 15.4 Å². The smallest absolute Gasteiger partial charge is 0.151 e. The van der Waals surface area contributed by atoms with E-state index < -0.39 is 0 Å². The molecule has 6 heteroatoms. The van der Waals surface area contributed by atoms with Crippen molar-refractivity contribution < 1.29 is 4.74 Å². The van der Waals surface area contributed by atoms with E-state index in [-0.39, 0.29) is 6.10 Å². The highest BCUT2D eigenvalue weighted by molar-refractivity contribution is 6.13. The summed E-state index contributed by atoms with van der Waals surface area (Å²) in [6, 6.07) is 7.46. The van der Waals surface area contributed by atoms with Crippen molar-refractivity contribution in [2.24, 2.45) is 7.05 Å². The molecule has 1 aromatic heterocycles. The maximum Gasteiger partial charge on any atom is 0.151 e. The Morgan fingerprint density at radius 3 is 2.60 bits per heavy atom. The van der Waals surface area contributed by atoms with Gasteiger partial charge in [0, 0.05) is 37.5 Å². The minimum atomic E-state index is 0.0769. The molecule has 0 saturated carbocycles. The third-order valence-electron chi connectivity index (χ3n) is 4.47. The first-order valence-corrected chi connectivity index (χ1v) is 8.90. The van der Waals surface area contributed by atoms with Crippen molar-refractivity contribution in [1.29, 1.82) is 5.41 Å². The molecule has 6 nitrogen and oxygen atoms in total. The highest BCUT2D eigenvalue weighted by atomic mass is 16.5. The maximum absolute atomic E-state index is 8.64. The summed E-state index contributed by atoms with van der Waals surface area (Å²) >= 11 is 0. The molecule has 1 aromatic carbocycles. The molecule has 3 N–H and O–H groups in total. The number of piperidine rings is 1. The van der Waals surface area contributed by atoms with Crippen LogP contribution in [-0.4, -0.2) is 34.7 Å². The monoisotopic (exact) mass is 341 g/mol. The summed E-state index contributed by atoms with van der Waals surface area (Å²) in [6.07, 6.45) is 3.76. The zero-order chi connectivity index (χ0) is 18.0. The Morgan fingerprint density at radius 2 is 1.92 bits per heavy atom. The number of hydrogen-bond donors (Lipinski definition) is 2. The van der Waals surface area contributed by atoms with Crippen LogP contribution in [0.3, 0.4) is 0 Å². The van der Waals surface area contributed by atoms with Gasteiger partial charge in [0.1, 0.15) is 5.75 Å². The van der Waals surface area contributed by atoms with Gasteiger partial charge in [0.15, 0.2) is 5.82 Å². The van der Waals surface area contributed by atoms with Crippen LogP contribution >= 0.6 is 0 Å². The zero-order valence-corrected chi connectivity index (χ0v) is 15.2. The summed E-state index contributed by atoms with van der Waals surface area (Å²) in [7, 11) is 1.88. The van der Waals surface area contributed by atoms with Crippen molar-refractivity contribution in [2.75, 3.05) is 23.7 Å². The van der Waals surface area contributed by atoms with E-state index in [1.165, 1.54) is 19.3 Å². The summed E-state index contributed by atoms with van der Waals surface area (Å²) in [5.41, 5.74) is 8.49. The molecule has 134 valence electrons. The molecule has 0 amide bonds. The van der Waals surface area contributed by atoms with E-state index in [1.54, 1.807) is 10.7 Å². The molecule has 0 bridgehead atoms. The molecule has 25 heavy (non-hydrogen) atoms. The van der Waals surface area contributed by atoms with Crippen LogP contribution in [0.2, 0.25) is 0 Å². The molecular formula is C19H27N5O. The van der Waals surface area contributed by atoms with Gasteiger partial charge in [0.2, 0.25) is 0 Å². The topological polar surface area (TPSA) is 80.2 Å². The molecule has 2 aromatic rings. The molecule has 3 rings (SSSR count). The molecule has 1 aliphatic heterocycles. The van der Waals surface area contributed by atoms with Gasteiger partial charge in [-0.3, -0.25) is 10.1 Å². The molecule has 0 spiro atoms. The van der Waals surface area contributed by atoms with Crippen molar-refractivity contribution in [3.8, 4) is 5.75 Å². The largest absolute Gasteiger partial charge is 0.491 e. The number of benzene rings is 1. The van der Waals surface area contributed by atoms with Gasteiger partial charge in [-0.15, -0.1) is 0 Å². The predicted octanol–water partition coefficient (Wildman–Crippen LogP) is 3.20. The number of anilines is 2. The minimum absolute atomic E-state index is 0.0769. The lowest BCUT2D eigenvalue weighted by Gasteiger charge is -2.26. The molecular weight excluding hydrogens is 314 g/mol. The zero-order valence-electron chi connectivity index (χ0n) is 15.2. The number of aromatic nitrogens is 2. The van der Waals surface area contributed by atoms with Crippen LogP contribution in [0, 0.1) is 5.41 Å². The van der Waals surface area contributed by atoms with Crippen LogP contribution in [0.1, 0.15) is 44.4 Å². The SMILES string of the molecule is CC(C)Oc1ccc(N)c(C(=N)c2cc(N3CCCCC3)nn2C)c1. The molecule has 0 unspecified atom stereocenters. The van der Waals surface area contributed by atoms with Crippen LogP contribution in [0.25, 0.3) is 0 Å². The van der Waals surface area contributed by atoms with Gasteiger partial charge in [-0.2, -0.15) is 5.10 Å². The lowest BCUT2D eigenvalue weighted by atomic mass is 10.0. The van der Waals surface area contributed by atoms with Gasteiger partial charge in [-0.25, -0.2) is 0 Å². The second kappa shape index (κ2) is 7.17. The average molecular weight is 341 g/mol. The number of aryl methyl sites for hydroxylation is 1. The number of hydrogen-bond acceptors (Lipinski definition) is 5. The fourth-order valence-electron chi connectivity index (χ4n) is 3.20. The Morgan fingerprint density at radius 1 is 1.20 bits per heavy atom. The molecule has 1 saturated heterocycles. The minimum Gasteiger partial charge on any atom is -0.491 e. The van der Waals surface area contributed by atoms with Gasteiger partial charge in [-0.1, -0.05) is 0 Å². The fourth-order valence-corrected chi connectivity index (χ4v) is 3.20. The summed E-state index contributed by atoms with van der Waals surface area (Å²) in [5.74, 6) is 1.66. The van der Waals surface area contributed by atoms with E-state index in [9.17, 15) is 0 Å². The van der Waals surface area contributed by atoms with E-state index in [0.717, 1.165) is 30.4 Å². The quantitative estimate of drug-likeness (QED) is 0.646. The van der Waals surface area contributed by atoms with Crippen LogP contribution in [0.15, 0.2) is 24.3 Å².